The van der Waals surface area contributed by atoms with Crippen LogP contribution in [0.2, 0.25) is 5.02 Å². The lowest BCUT2D eigenvalue weighted by molar-refractivity contribution is -0.138. The summed E-state index contributed by atoms with van der Waals surface area (Å²) in [5.41, 5.74) is 3.21. The molecule has 3 aromatic rings. The maximum atomic E-state index is 14.0. The van der Waals surface area contributed by atoms with Crippen LogP contribution in [-0.4, -0.2) is 63.1 Å². The van der Waals surface area contributed by atoms with Crippen molar-refractivity contribution in [3.63, 3.8) is 0 Å². The highest BCUT2D eigenvalue weighted by molar-refractivity contribution is 7.92. The van der Waals surface area contributed by atoms with Crippen molar-refractivity contribution in [2.45, 2.75) is 49.7 Å². The predicted octanol–water partition coefficient (Wildman–Crippen LogP) is 3.70. The summed E-state index contributed by atoms with van der Waals surface area (Å²) in [6.45, 7) is 1.33. The van der Waals surface area contributed by atoms with Gasteiger partial charge in [0.25, 0.3) is 0 Å². The lowest BCUT2D eigenvalue weighted by Crippen LogP contribution is -2.57. The summed E-state index contributed by atoms with van der Waals surface area (Å²) >= 11 is 6.07. The Kier molecular flexibility index (Phi) is 8.15. The van der Waals surface area contributed by atoms with E-state index in [2.05, 4.69) is 10.6 Å². The van der Waals surface area contributed by atoms with Gasteiger partial charge in [0.1, 0.15) is 6.04 Å². The Morgan fingerprint density at radius 2 is 1.70 bits per heavy atom. The molecule has 232 valence electrons. The van der Waals surface area contributed by atoms with Crippen molar-refractivity contribution in [2.75, 3.05) is 30.2 Å². The highest BCUT2D eigenvalue weighted by Gasteiger charge is 2.48. The number of benzene rings is 3. The fourth-order valence-corrected chi connectivity index (χ4v) is 7.83. The number of amides is 2. The van der Waals surface area contributed by atoms with Crippen molar-refractivity contribution in [3.05, 3.63) is 99.6 Å². The Labute approximate surface area is 260 Å². The molecular formula is C32H33ClF2N4O4S. The summed E-state index contributed by atoms with van der Waals surface area (Å²) in [6, 6.07) is 15.2. The van der Waals surface area contributed by atoms with E-state index in [0.717, 1.165) is 23.3 Å². The second kappa shape index (κ2) is 11.8. The molecule has 12 heteroatoms. The maximum absolute atomic E-state index is 14.0. The average Bonchev–Trinajstić information content (AvgIpc) is 3.32. The Bertz CT molecular complexity index is 1710. The summed E-state index contributed by atoms with van der Waals surface area (Å²) in [7, 11) is -3.47. The first-order valence-electron chi connectivity index (χ1n) is 14.5. The van der Waals surface area contributed by atoms with Gasteiger partial charge >= 0.3 is 0 Å². The van der Waals surface area contributed by atoms with Gasteiger partial charge in [0.05, 0.1) is 18.0 Å². The van der Waals surface area contributed by atoms with Crippen LogP contribution >= 0.6 is 11.6 Å². The number of hydrogen-bond donors (Lipinski definition) is 2. The molecule has 0 unspecified atom stereocenters. The van der Waals surface area contributed by atoms with Crippen LogP contribution in [0.4, 0.5) is 14.5 Å². The number of likely N-dealkylation sites (tertiary alicyclic amines) is 1. The van der Waals surface area contributed by atoms with Gasteiger partial charge in [-0.2, -0.15) is 0 Å². The highest BCUT2D eigenvalue weighted by Crippen LogP contribution is 2.47. The van der Waals surface area contributed by atoms with Gasteiger partial charge in [0.15, 0.2) is 11.6 Å². The predicted molar refractivity (Wildman–Crippen MR) is 164 cm³/mol. The van der Waals surface area contributed by atoms with Gasteiger partial charge in [0.2, 0.25) is 21.8 Å². The second-order valence-electron chi connectivity index (χ2n) is 12.0. The SMILES string of the molecule is CS(=O)(=O)N1CC2(CCN(C(=O)[C@H](Cc3ccc(Cl)cc3)NC(=O)[C@@H]3Cc4cc(F)c(F)cc4CN3)CC2)c2ccccc21. The van der Waals surface area contributed by atoms with Crippen molar-refractivity contribution in [1.82, 2.24) is 15.5 Å². The van der Waals surface area contributed by atoms with Gasteiger partial charge in [-0.05, 0) is 71.8 Å². The van der Waals surface area contributed by atoms with E-state index < -0.39 is 45.1 Å². The van der Waals surface area contributed by atoms with E-state index in [1.54, 1.807) is 17.0 Å². The van der Waals surface area contributed by atoms with Gasteiger partial charge in [-0.3, -0.25) is 13.9 Å². The van der Waals surface area contributed by atoms with E-state index in [-0.39, 0.29) is 25.3 Å². The third-order valence-electron chi connectivity index (χ3n) is 9.11. The third-order valence-corrected chi connectivity index (χ3v) is 10.5. The molecule has 1 fully saturated rings. The Balaban J connectivity index is 1.19. The Morgan fingerprint density at radius 3 is 2.39 bits per heavy atom. The zero-order valence-electron chi connectivity index (χ0n) is 24.2. The molecule has 0 radical (unpaired) electrons. The molecule has 1 spiro atoms. The molecule has 2 N–H and O–H groups in total. The molecule has 3 heterocycles. The van der Waals surface area contributed by atoms with Crippen LogP contribution in [-0.2, 0) is 44.4 Å². The maximum Gasteiger partial charge on any atom is 0.245 e. The summed E-state index contributed by atoms with van der Waals surface area (Å²) < 4.78 is 54.2. The van der Waals surface area contributed by atoms with Gasteiger partial charge in [0, 0.05) is 43.0 Å². The van der Waals surface area contributed by atoms with Crippen molar-refractivity contribution in [2.24, 2.45) is 0 Å². The lowest BCUT2D eigenvalue weighted by atomic mass is 9.74. The molecule has 44 heavy (non-hydrogen) atoms. The molecule has 2 atom stereocenters. The smallest absolute Gasteiger partial charge is 0.245 e. The molecule has 3 aliphatic rings. The number of nitrogens with one attached hydrogen (secondary N) is 2. The zero-order chi connectivity index (χ0) is 31.2. The second-order valence-corrected chi connectivity index (χ2v) is 14.3. The van der Waals surface area contributed by atoms with Crippen LogP contribution in [0.15, 0.2) is 60.7 Å². The number of fused-ring (bicyclic) bond motifs is 3. The van der Waals surface area contributed by atoms with Crippen LogP contribution < -0.4 is 14.9 Å². The van der Waals surface area contributed by atoms with Crippen molar-refractivity contribution < 1.29 is 26.8 Å². The summed E-state index contributed by atoms with van der Waals surface area (Å²) in [5.74, 6) is -2.54. The molecular weight excluding hydrogens is 610 g/mol. The van der Waals surface area contributed by atoms with E-state index >= 15 is 0 Å². The van der Waals surface area contributed by atoms with Crippen molar-refractivity contribution >= 4 is 39.1 Å². The number of para-hydroxylation sites is 1. The Hall–Kier alpha value is -3.54. The fourth-order valence-electron chi connectivity index (χ4n) is 6.71. The monoisotopic (exact) mass is 642 g/mol. The number of anilines is 1. The topological polar surface area (TPSA) is 98.8 Å². The number of sulfonamides is 1. The van der Waals surface area contributed by atoms with E-state index in [1.165, 1.54) is 10.6 Å². The van der Waals surface area contributed by atoms with Crippen LogP contribution in [0.1, 0.15) is 35.1 Å². The largest absolute Gasteiger partial charge is 0.343 e. The molecule has 3 aromatic carbocycles. The van der Waals surface area contributed by atoms with Gasteiger partial charge < -0.3 is 15.5 Å². The first-order chi connectivity index (χ1) is 20.9. The standard InChI is InChI=1S/C32H33ClF2N4O4S/c1-44(42,43)39-19-32(24-4-2-3-5-29(24)39)10-12-38(13-11-32)31(41)28(14-20-6-8-23(33)9-7-20)37-30(40)27-17-21-15-25(34)26(35)16-22(21)18-36-27/h2-9,15-16,27-28,36H,10-14,17-19H2,1H3,(H,37,40)/t27-,28-/m0/s1. The van der Waals surface area contributed by atoms with E-state index in [1.807, 2.05) is 36.4 Å². The van der Waals surface area contributed by atoms with Crippen molar-refractivity contribution in [1.29, 1.82) is 0 Å². The lowest BCUT2D eigenvalue weighted by Gasteiger charge is -2.41. The quantitative estimate of drug-likeness (QED) is 0.428. The summed E-state index contributed by atoms with van der Waals surface area (Å²) in [5, 5.41) is 6.56. The molecule has 0 saturated carbocycles. The molecule has 0 aliphatic carbocycles. The molecule has 0 bridgehead atoms. The number of carbonyl (C=O) groups is 2. The molecule has 1 saturated heterocycles. The highest BCUT2D eigenvalue weighted by atomic mass is 35.5. The number of nitrogens with zero attached hydrogens (tertiary/aromatic N) is 2. The van der Waals surface area contributed by atoms with Crippen LogP contribution in [0, 0.1) is 11.6 Å². The minimum absolute atomic E-state index is 0.155. The summed E-state index contributed by atoms with van der Waals surface area (Å²) in [6.07, 6.45) is 2.75. The molecule has 2 amide bonds. The van der Waals surface area contributed by atoms with E-state index in [4.69, 9.17) is 11.6 Å². The van der Waals surface area contributed by atoms with Crippen LogP contribution in [0.5, 0.6) is 0 Å². The molecule has 0 aromatic heterocycles. The first kappa shape index (κ1) is 30.5. The van der Waals surface area contributed by atoms with Gasteiger partial charge in [-0.15, -0.1) is 0 Å². The number of rotatable bonds is 6. The Morgan fingerprint density at radius 1 is 1.05 bits per heavy atom. The number of carbonyl (C=O) groups excluding carboxylic acids is 2. The number of hydrogen-bond acceptors (Lipinski definition) is 5. The third kappa shape index (κ3) is 5.92. The number of piperidine rings is 1. The molecule has 8 nitrogen and oxygen atoms in total. The minimum Gasteiger partial charge on any atom is -0.343 e. The zero-order valence-corrected chi connectivity index (χ0v) is 25.7. The van der Waals surface area contributed by atoms with E-state index in [0.29, 0.717) is 54.3 Å². The van der Waals surface area contributed by atoms with Crippen LogP contribution in [0.25, 0.3) is 0 Å². The average molecular weight is 643 g/mol. The summed E-state index contributed by atoms with van der Waals surface area (Å²) in [4.78, 5) is 29.2. The van der Waals surface area contributed by atoms with Crippen LogP contribution in [0.3, 0.4) is 0 Å². The minimum atomic E-state index is -3.47. The first-order valence-corrected chi connectivity index (χ1v) is 16.8. The normalized spacial score (nSPS) is 19.8. The van der Waals surface area contributed by atoms with E-state index in [9.17, 15) is 26.8 Å². The molecule has 3 aliphatic heterocycles. The van der Waals surface area contributed by atoms with Gasteiger partial charge in [-0.1, -0.05) is 41.9 Å². The van der Waals surface area contributed by atoms with Crippen molar-refractivity contribution in [3.8, 4) is 0 Å². The fraction of sp³-hybridized carbons (Fsp3) is 0.375. The molecule has 6 rings (SSSR count). The number of halogens is 3. The van der Waals surface area contributed by atoms with Gasteiger partial charge in [-0.25, -0.2) is 17.2 Å².